The fourth-order valence-electron chi connectivity index (χ4n) is 0.384. The number of halogens is 2. The Balaban J connectivity index is 2.53. The van der Waals surface area contributed by atoms with E-state index in [9.17, 15) is 0 Å². The summed E-state index contributed by atoms with van der Waals surface area (Å²) in [5, 5.41) is 0. The fourth-order valence-corrected chi connectivity index (χ4v) is 1.95. The van der Waals surface area contributed by atoms with Gasteiger partial charge in [-0.05, 0) is 18.7 Å². The second kappa shape index (κ2) is 8.01. The molecule has 8 heavy (non-hydrogen) atoms. The Morgan fingerprint density at radius 2 is 1.75 bits per heavy atom. The number of hydrogen-bond acceptors (Lipinski definition) is 0. The van der Waals surface area contributed by atoms with Gasteiger partial charge in [0.2, 0.25) is 0 Å². The zero-order valence-corrected chi connectivity index (χ0v) is 7.30. The molecule has 0 rings (SSSR count). The van der Waals surface area contributed by atoms with Gasteiger partial charge in [0.1, 0.15) is 0 Å². The van der Waals surface area contributed by atoms with Crippen molar-refractivity contribution in [3.63, 3.8) is 0 Å². The molecule has 0 saturated heterocycles. The molecule has 0 amide bonds. The average molecular weight is 173 g/mol. The summed E-state index contributed by atoms with van der Waals surface area (Å²) in [5.74, 6) is 1.61. The molecule has 0 radical (unpaired) electrons. The van der Waals surface area contributed by atoms with Gasteiger partial charge in [0, 0.05) is 11.8 Å². The van der Waals surface area contributed by atoms with Gasteiger partial charge in [0.05, 0.1) is 0 Å². The lowest BCUT2D eigenvalue weighted by molar-refractivity contribution is 1.11. The third kappa shape index (κ3) is 7.01. The molecule has 0 aliphatic heterocycles. The van der Waals surface area contributed by atoms with Gasteiger partial charge >= 0.3 is 0 Å². The molecule has 0 aromatic carbocycles. The van der Waals surface area contributed by atoms with E-state index in [1.165, 1.54) is 12.3 Å². The van der Waals surface area contributed by atoms with Crippen LogP contribution in [0.25, 0.3) is 0 Å². The second-order valence-electron chi connectivity index (χ2n) is 1.48. The number of rotatable bonds is 5. The van der Waals surface area contributed by atoms with E-state index < -0.39 is 0 Å². The van der Waals surface area contributed by atoms with Crippen LogP contribution in [-0.4, -0.2) is 24.1 Å². The average Bonchev–Trinajstić information content (AvgIpc) is 1.81. The Labute approximate surface area is 62.7 Å². The minimum absolute atomic E-state index is 0.801. The molecule has 0 fully saturated rings. The van der Waals surface area contributed by atoms with Crippen molar-refractivity contribution in [1.82, 2.24) is 0 Å². The Kier molecular flexibility index (Phi) is 9.02. The van der Waals surface area contributed by atoms with Crippen molar-refractivity contribution in [2.24, 2.45) is 0 Å². The molecule has 50 valence electrons. The van der Waals surface area contributed by atoms with Gasteiger partial charge in [0.25, 0.3) is 0 Å². The van der Waals surface area contributed by atoms with Gasteiger partial charge in [-0.1, -0.05) is 0 Å². The molecule has 0 aromatic heterocycles. The summed E-state index contributed by atoms with van der Waals surface area (Å²) in [5.41, 5.74) is 0. The Hall–Kier alpha value is 1.01. The first-order valence-corrected chi connectivity index (χ1v) is 5.22. The topological polar surface area (TPSA) is 0 Å². The third-order valence-electron chi connectivity index (χ3n) is 0.758. The maximum atomic E-state index is 5.45. The van der Waals surface area contributed by atoms with Crippen molar-refractivity contribution in [3.05, 3.63) is 0 Å². The van der Waals surface area contributed by atoms with Crippen LogP contribution in [-0.2, 0) is 0 Å². The summed E-state index contributed by atoms with van der Waals surface area (Å²) in [6.07, 6.45) is 3.57. The van der Waals surface area contributed by atoms with Crippen LogP contribution in [0.1, 0.15) is 6.42 Å². The van der Waals surface area contributed by atoms with Crippen LogP contribution < -0.4 is 0 Å². The summed E-state index contributed by atoms with van der Waals surface area (Å²) in [6.45, 7) is 0. The molecular weight excluding hydrogens is 162 g/mol. The molecule has 0 aromatic rings. The number of alkyl halides is 2. The van der Waals surface area contributed by atoms with Gasteiger partial charge in [-0.25, -0.2) is 0 Å². The Bertz CT molecular complexity index is 35.4. The van der Waals surface area contributed by atoms with E-state index in [1.54, 1.807) is 0 Å². The van der Waals surface area contributed by atoms with E-state index in [2.05, 4.69) is 0 Å². The molecule has 0 N–H and O–H groups in total. The van der Waals surface area contributed by atoms with E-state index in [-0.39, 0.29) is 0 Å². The minimum atomic E-state index is 0.801. The van der Waals surface area contributed by atoms with Gasteiger partial charge in [0.15, 0.2) is 0 Å². The van der Waals surface area contributed by atoms with Crippen LogP contribution in [0.5, 0.6) is 0 Å². The van der Waals surface area contributed by atoms with Crippen molar-refractivity contribution in [2.45, 2.75) is 6.42 Å². The van der Waals surface area contributed by atoms with Crippen molar-refractivity contribution in [3.8, 4) is 0 Å². The zero-order valence-electron chi connectivity index (χ0n) is 4.79. The molecule has 0 bridgehead atoms. The lowest BCUT2D eigenvalue weighted by Crippen LogP contribution is -1.81. The van der Waals surface area contributed by atoms with Crippen LogP contribution in [0, 0.1) is 0 Å². The summed E-state index contributed by atoms with van der Waals surface area (Å²) in [7, 11) is 1.02. The monoisotopic (exact) mass is 172 g/mol. The first kappa shape index (κ1) is 9.01. The minimum Gasteiger partial charge on any atom is -0.127 e. The first-order valence-electron chi connectivity index (χ1n) is 2.74. The first-order chi connectivity index (χ1) is 3.91. The smallest absolute Gasteiger partial charge is 0.0260 e. The quantitative estimate of drug-likeness (QED) is 0.340. The van der Waals surface area contributed by atoms with Crippen LogP contribution in [0.15, 0.2) is 0 Å². The molecule has 0 heterocycles. The molecule has 0 saturated carbocycles. The highest BCUT2D eigenvalue weighted by molar-refractivity contribution is 7.38. The predicted octanol–water partition coefficient (Wildman–Crippen LogP) is 2.53. The van der Waals surface area contributed by atoms with Crippen LogP contribution in [0.3, 0.4) is 0 Å². The van der Waals surface area contributed by atoms with Crippen molar-refractivity contribution < 1.29 is 0 Å². The molecule has 1 unspecified atom stereocenters. The number of hydrogen-bond donors (Lipinski definition) is 0. The molecule has 0 spiro atoms. The van der Waals surface area contributed by atoms with Gasteiger partial charge in [-0.15, -0.1) is 31.8 Å². The van der Waals surface area contributed by atoms with Crippen molar-refractivity contribution in [1.29, 1.82) is 0 Å². The van der Waals surface area contributed by atoms with E-state index in [0.29, 0.717) is 0 Å². The third-order valence-corrected chi connectivity index (χ3v) is 2.84. The SMILES string of the molecule is ClCCCPCCCl. The predicted molar refractivity (Wildman–Crippen MR) is 44.1 cm³/mol. The van der Waals surface area contributed by atoms with Gasteiger partial charge in [-0.2, -0.15) is 0 Å². The van der Waals surface area contributed by atoms with Crippen LogP contribution >= 0.6 is 31.8 Å². The fraction of sp³-hybridized carbons (Fsp3) is 1.00. The van der Waals surface area contributed by atoms with E-state index in [1.807, 2.05) is 0 Å². The van der Waals surface area contributed by atoms with E-state index >= 15 is 0 Å². The Morgan fingerprint density at radius 1 is 1.00 bits per heavy atom. The Morgan fingerprint density at radius 3 is 2.25 bits per heavy atom. The van der Waals surface area contributed by atoms with E-state index in [0.717, 1.165) is 26.8 Å². The van der Waals surface area contributed by atoms with Gasteiger partial charge in [-0.3, -0.25) is 0 Å². The van der Waals surface area contributed by atoms with Crippen molar-refractivity contribution >= 4 is 31.8 Å². The van der Waals surface area contributed by atoms with Gasteiger partial charge < -0.3 is 0 Å². The molecular formula is C5H11Cl2P. The highest BCUT2D eigenvalue weighted by atomic mass is 35.5. The molecule has 0 aliphatic carbocycles. The summed E-state index contributed by atoms with van der Waals surface area (Å²) >= 11 is 10.9. The maximum absolute atomic E-state index is 5.45. The maximum Gasteiger partial charge on any atom is 0.0260 e. The zero-order chi connectivity index (χ0) is 6.24. The highest BCUT2D eigenvalue weighted by Crippen LogP contribution is 2.10. The normalized spacial score (nSPS) is 11.2. The lowest BCUT2D eigenvalue weighted by Gasteiger charge is -1.92. The second-order valence-corrected chi connectivity index (χ2v) is 3.74. The van der Waals surface area contributed by atoms with Crippen LogP contribution in [0.2, 0.25) is 0 Å². The largest absolute Gasteiger partial charge is 0.127 e. The standard InChI is InChI=1S/C5H11Cl2P/c6-2-1-4-8-5-3-7/h8H,1-5H2. The summed E-state index contributed by atoms with van der Waals surface area (Å²) in [6, 6.07) is 0. The summed E-state index contributed by atoms with van der Waals surface area (Å²) in [4.78, 5) is 0. The molecule has 0 aliphatic rings. The lowest BCUT2D eigenvalue weighted by atomic mass is 10.6. The molecule has 3 heteroatoms. The van der Waals surface area contributed by atoms with Crippen LogP contribution in [0.4, 0.5) is 0 Å². The van der Waals surface area contributed by atoms with E-state index in [4.69, 9.17) is 23.2 Å². The highest BCUT2D eigenvalue weighted by Gasteiger charge is 1.84. The van der Waals surface area contributed by atoms with Crippen molar-refractivity contribution in [2.75, 3.05) is 24.1 Å². The molecule has 1 atom stereocenters. The molecule has 0 nitrogen and oxygen atoms in total. The summed E-state index contributed by atoms with van der Waals surface area (Å²) < 4.78 is 0.